The minimum absolute atomic E-state index is 0.164. The van der Waals surface area contributed by atoms with Crippen LogP contribution >= 0.6 is 0 Å². The highest BCUT2D eigenvalue weighted by molar-refractivity contribution is 5.70. The smallest absolute Gasteiger partial charge is 0.416 e. The van der Waals surface area contributed by atoms with Crippen LogP contribution < -0.4 is 0 Å². The first-order valence-corrected chi connectivity index (χ1v) is 5.05. The monoisotopic (exact) mass is 255 g/mol. The van der Waals surface area contributed by atoms with Crippen LogP contribution in [-0.4, -0.2) is 11.3 Å². The lowest BCUT2D eigenvalue weighted by Crippen LogP contribution is -2.04. The summed E-state index contributed by atoms with van der Waals surface area (Å²) in [5.41, 5.74) is 0.0893. The van der Waals surface area contributed by atoms with Gasteiger partial charge in [0.15, 0.2) is 12.2 Å². The average Bonchev–Trinajstić information content (AvgIpc) is 2.76. The summed E-state index contributed by atoms with van der Waals surface area (Å²) in [5, 5.41) is 0. The third kappa shape index (κ3) is 2.77. The van der Waals surface area contributed by atoms with Gasteiger partial charge in [-0.15, -0.1) is 0 Å². The molecule has 94 valence electrons. The highest BCUT2D eigenvalue weighted by atomic mass is 19.4. The van der Waals surface area contributed by atoms with Gasteiger partial charge in [0.2, 0.25) is 0 Å². The van der Waals surface area contributed by atoms with Gasteiger partial charge in [-0.25, -0.2) is 4.98 Å². The van der Waals surface area contributed by atoms with Crippen LogP contribution in [0, 0.1) is 0 Å². The summed E-state index contributed by atoms with van der Waals surface area (Å²) in [7, 11) is 0. The zero-order valence-corrected chi connectivity index (χ0v) is 9.07. The fourth-order valence-electron chi connectivity index (χ4n) is 1.45. The van der Waals surface area contributed by atoms with Crippen molar-refractivity contribution < 1.29 is 22.4 Å². The number of alkyl halides is 3. The Hall–Kier alpha value is -2.11. The van der Waals surface area contributed by atoms with E-state index in [0.29, 0.717) is 11.8 Å². The molecule has 0 aliphatic carbocycles. The first-order valence-electron chi connectivity index (χ1n) is 5.05. The molecule has 0 aliphatic heterocycles. The maximum Gasteiger partial charge on any atom is 0.416 e. The highest BCUT2D eigenvalue weighted by Crippen LogP contribution is 2.29. The Morgan fingerprint density at radius 1 is 1.22 bits per heavy atom. The van der Waals surface area contributed by atoms with Gasteiger partial charge in [-0.05, 0) is 17.7 Å². The number of rotatable bonds is 3. The van der Waals surface area contributed by atoms with E-state index in [1.54, 1.807) is 0 Å². The van der Waals surface area contributed by atoms with Crippen molar-refractivity contribution in [2.45, 2.75) is 12.6 Å². The van der Waals surface area contributed by atoms with E-state index < -0.39 is 11.7 Å². The lowest BCUT2D eigenvalue weighted by Gasteiger charge is -2.06. The summed E-state index contributed by atoms with van der Waals surface area (Å²) < 4.78 is 42.0. The quantitative estimate of drug-likeness (QED) is 0.791. The van der Waals surface area contributed by atoms with Crippen molar-refractivity contribution in [3.8, 4) is 0 Å². The van der Waals surface area contributed by atoms with E-state index in [4.69, 9.17) is 4.42 Å². The molecule has 2 rings (SSSR count). The number of aldehydes is 1. The van der Waals surface area contributed by atoms with Gasteiger partial charge in [0.05, 0.1) is 5.56 Å². The molecule has 0 atom stereocenters. The Labute approximate surface area is 100 Å². The molecule has 3 nitrogen and oxygen atoms in total. The van der Waals surface area contributed by atoms with Crippen molar-refractivity contribution in [1.29, 1.82) is 0 Å². The fraction of sp³-hybridized carbons (Fsp3) is 0.167. The minimum Gasteiger partial charge on any atom is -0.448 e. The lowest BCUT2D eigenvalue weighted by molar-refractivity contribution is -0.137. The van der Waals surface area contributed by atoms with Gasteiger partial charge in [-0.2, -0.15) is 13.2 Å². The predicted octanol–water partition coefficient (Wildman–Crippen LogP) is 3.10. The van der Waals surface area contributed by atoms with Crippen LogP contribution in [0.1, 0.15) is 27.5 Å². The van der Waals surface area contributed by atoms with Gasteiger partial charge < -0.3 is 4.42 Å². The molecule has 0 bridgehead atoms. The molecule has 0 radical (unpaired) electrons. The first-order chi connectivity index (χ1) is 8.49. The van der Waals surface area contributed by atoms with Crippen LogP contribution in [0.15, 0.2) is 34.9 Å². The number of hydrogen-bond acceptors (Lipinski definition) is 3. The van der Waals surface area contributed by atoms with Crippen molar-refractivity contribution in [1.82, 2.24) is 4.98 Å². The Balaban J connectivity index is 2.13. The van der Waals surface area contributed by atoms with E-state index in [1.807, 2.05) is 0 Å². The average molecular weight is 255 g/mol. The third-order valence-corrected chi connectivity index (χ3v) is 2.33. The second-order valence-corrected chi connectivity index (χ2v) is 3.66. The molecule has 0 amide bonds. The van der Waals surface area contributed by atoms with Crippen LogP contribution in [0.4, 0.5) is 13.2 Å². The molecule has 0 unspecified atom stereocenters. The van der Waals surface area contributed by atoms with Crippen molar-refractivity contribution >= 4 is 6.29 Å². The number of aromatic nitrogens is 1. The molecule has 0 saturated heterocycles. The molecule has 0 fully saturated rings. The molecule has 18 heavy (non-hydrogen) atoms. The molecule has 0 spiro atoms. The predicted molar refractivity (Wildman–Crippen MR) is 56.1 cm³/mol. The molecule has 1 aromatic carbocycles. The lowest BCUT2D eigenvalue weighted by atomic mass is 10.1. The van der Waals surface area contributed by atoms with Crippen LogP contribution in [0.25, 0.3) is 0 Å². The maximum absolute atomic E-state index is 12.3. The van der Waals surface area contributed by atoms with Gasteiger partial charge in [-0.1, -0.05) is 12.1 Å². The van der Waals surface area contributed by atoms with Crippen LogP contribution in [0.2, 0.25) is 0 Å². The van der Waals surface area contributed by atoms with Crippen molar-refractivity contribution in [3.05, 3.63) is 53.2 Å². The SMILES string of the molecule is O=Cc1coc(Cc2ccc(C(F)(F)F)cc2)n1. The molecule has 1 heterocycles. The molecule has 1 aromatic heterocycles. The largest absolute Gasteiger partial charge is 0.448 e. The summed E-state index contributed by atoms with van der Waals surface area (Å²) in [5.74, 6) is 0.289. The number of oxazole rings is 1. The number of nitrogens with zero attached hydrogens (tertiary/aromatic N) is 1. The zero-order chi connectivity index (χ0) is 13.2. The number of carbonyl (C=O) groups is 1. The Bertz CT molecular complexity index is 543. The van der Waals surface area contributed by atoms with Crippen molar-refractivity contribution in [2.24, 2.45) is 0 Å². The summed E-state index contributed by atoms with van der Waals surface area (Å²) in [6.45, 7) is 0. The van der Waals surface area contributed by atoms with E-state index in [9.17, 15) is 18.0 Å². The van der Waals surface area contributed by atoms with E-state index >= 15 is 0 Å². The van der Waals surface area contributed by atoms with Crippen LogP contribution in [-0.2, 0) is 12.6 Å². The molecule has 0 aliphatic rings. The van der Waals surface area contributed by atoms with Gasteiger partial charge in [0.1, 0.15) is 12.0 Å². The first kappa shape index (κ1) is 12.3. The standard InChI is InChI=1S/C12H8F3NO2/c13-12(14,15)9-3-1-8(2-4-9)5-11-16-10(6-17)7-18-11/h1-4,6-7H,5H2. The highest BCUT2D eigenvalue weighted by Gasteiger charge is 2.29. The fourth-order valence-corrected chi connectivity index (χ4v) is 1.45. The second kappa shape index (κ2) is 4.64. The topological polar surface area (TPSA) is 43.1 Å². The summed E-state index contributed by atoms with van der Waals surface area (Å²) in [6.07, 6.45) is -2.36. The van der Waals surface area contributed by atoms with Gasteiger partial charge in [-0.3, -0.25) is 4.79 Å². The number of halogens is 3. The van der Waals surface area contributed by atoms with E-state index in [2.05, 4.69) is 4.98 Å². The van der Waals surface area contributed by atoms with Crippen LogP contribution in [0.5, 0.6) is 0 Å². The zero-order valence-electron chi connectivity index (χ0n) is 9.07. The van der Waals surface area contributed by atoms with E-state index in [1.165, 1.54) is 18.4 Å². The number of benzene rings is 1. The summed E-state index contributed by atoms with van der Waals surface area (Å²) in [6, 6.07) is 4.71. The van der Waals surface area contributed by atoms with E-state index in [-0.39, 0.29) is 18.0 Å². The summed E-state index contributed by atoms with van der Waals surface area (Å²) in [4.78, 5) is 14.2. The van der Waals surface area contributed by atoms with Crippen LogP contribution in [0.3, 0.4) is 0 Å². The second-order valence-electron chi connectivity index (χ2n) is 3.66. The maximum atomic E-state index is 12.3. The molecule has 6 heteroatoms. The van der Waals surface area contributed by atoms with Gasteiger partial charge in [0.25, 0.3) is 0 Å². The summed E-state index contributed by atoms with van der Waals surface area (Å²) >= 11 is 0. The van der Waals surface area contributed by atoms with Crippen molar-refractivity contribution in [2.75, 3.05) is 0 Å². The molecular weight excluding hydrogens is 247 g/mol. The van der Waals surface area contributed by atoms with Gasteiger partial charge >= 0.3 is 6.18 Å². The van der Waals surface area contributed by atoms with Gasteiger partial charge in [0, 0.05) is 6.42 Å². The third-order valence-electron chi connectivity index (χ3n) is 2.33. The Kier molecular flexibility index (Phi) is 3.18. The molecule has 2 aromatic rings. The van der Waals surface area contributed by atoms with Crippen molar-refractivity contribution in [3.63, 3.8) is 0 Å². The normalized spacial score (nSPS) is 11.5. The van der Waals surface area contributed by atoms with E-state index in [0.717, 1.165) is 12.1 Å². The number of carbonyl (C=O) groups excluding carboxylic acids is 1. The molecular formula is C12H8F3NO2. The minimum atomic E-state index is -4.34. The Morgan fingerprint density at radius 2 is 1.89 bits per heavy atom. The molecule has 0 saturated carbocycles. The molecule has 0 N–H and O–H groups in total. The Morgan fingerprint density at radius 3 is 2.39 bits per heavy atom. The number of hydrogen-bond donors (Lipinski definition) is 0.